The van der Waals surface area contributed by atoms with Crippen molar-refractivity contribution < 1.29 is 9.90 Å². The summed E-state index contributed by atoms with van der Waals surface area (Å²) in [5.74, 6) is -1.18. The molecule has 0 amide bonds. The summed E-state index contributed by atoms with van der Waals surface area (Å²) in [5.41, 5.74) is 0.996. The average Bonchev–Trinajstić information content (AvgIpc) is 2.28. The van der Waals surface area contributed by atoms with Gasteiger partial charge in [-0.3, -0.25) is 4.79 Å². The number of thioether (sulfide) groups is 1. The van der Waals surface area contributed by atoms with E-state index in [-0.39, 0.29) is 6.04 Å². The fraction of sp³-hybridized carbons (Fsp3) is 0.417. The monoisotopic (exact) mass is 239 g/mol. The van der Waals surface area contributed by atoms with Crippen LogP contribution in [0.25, 0.3) is 0 Å². The van der Waals surface area contributed by atoms with Crippen molar-refractivity contribution in [3.05, 3.63) is 24.3 Å². The van der Waals surface area contributed by atoms with Crippen LogP contribution in [0.5, 0.6) is 0 Å². The predicted molar refractivity (Wildman–Crippen MR) is 68.1 cm³/mol. The number of carboxylic acids is 1. The number of carboxylic acid groups (broad SMARTS) is 1. The van der Waals surface area contributed by atoms with E-state index < -0.39 is 11.9 Å². The van der Waals surface area contributed by atoms with Crippen molar-refractivity contribution in [2.75, 3.05) is 11.6 Å². The number of hydrogen-bond acceptors (Lipinski definition) is 3. The van der Waals surface area contributed by atoms with E-state index in [4.69, 9.17) is 5.11 Å². The second kappa shape index (κ2) is 5.80. The third-order valence-electron chi connectivity index (χ3n) is 2.63. The first-order chi connectivity index (χ1) is 7.56. The lowest BCUT2D eigenvalue weighted by Gasteiger charge is -2.20. The molecular weight excluding hydrogens is 222 g/mol. The Morgan fingerprint density at radius 3 is 2.56 bits per heavy atom. The molecule has 1 rings (SSSR count). The lowest BCUT2D eigenvalue weighted by Crippen LogP contribution is -2.29. The molecule has 16 heavy (non-hydrogen) atoms. The first-order valence-corrected chi connectivity index (χ1v) is 6.41. The van der Waals surface area contributed by atoms with Crippen molar-refractivity contribution in [3.63, 3.8) is 0 Å². The Balaban J connectivity index is 2.76. The molecule has 2 unspecified atom stereocenters. The van der Waals surface area contributed by atoms with E-state index in [1.165, 1.54) is 0 Å². The predicted octanol–water partition coefficient (Wildman–Crippen LogP) is 2.93. The summed E-state index contributed by atoms with van der Waals surface area (Å²) in [4.78, 5) is 12.0. The number of hydrogen-bond donors (Lipinski definition) is 2. The third-order valence-corrected chi connectivity index (χ3v) is 3.43. The summed E-state index contributed by atoms with van der Waals surface area (Å²) >= 11 is 1.65. The molecule has 88 valence electrons. The molecule has 0 aromatic heterocycles. The van der Waals surface area contributed by atoms with E-state index in [9.17, 15) is 4.79 Å². The molecule has 1 aromatic carbocycles. The summed E-state index contributed by atoms with van der Waals surface area (Å²) in [6, 6.07) is 7.82. The molecule has 2 N–H and O–H groups in total. The Bertz CT molecular complexity index is 368. The Hall–Kier alpha value is -1.16. The molecule has 0 bridgehead atoms. The minimum Gasteiger partial charge on any atom is -0.481 e. The number of rotatable bonds is 5. The number of benzene rings is 1. The Kier molecular flexibility index (Phi) is 4.68. The van der Waals surface area contributed by atoms with Crippen molar-refractivity contribution in [2.24, 2.45) is 5.92 Å². The van der Waals surface area contributed by atoms with Crippen molar-refractivity contribution >= 4 is 23.4 Å². The smallest absolute Gasteiger partial charge is 0.308 e. The number of anilines is 1. The van der Waals surface area contributed by atoms with E-state index in [0.29, 0.717) is 0 Å². The van der Waals surface area contributed by atoms with Crippen molar-refractivity contribution in [3.8, 4) is 0 Å². The number of aliphatic carboxylic acids is 1. The molecule has 0 aliphatic rings. The van der Waals surface area contributed by atoms with Gasteiger partial charge < -0.3 is 10.4 Å². The standard InChI is InChI=1S/C12H17NO2S/c1-8(12(14)15)9(2)13-10-6-4-5-7-11(10)16-3/h4-9,13H,1-3H3,(H,14,15). The highest BCUT2D eigenvalue weighted by atomic mass is 32.2. The van der Waals surface area contributed by atoms with Gasteiger partial charge in [-0.25, -0.2) is 0 Å². The van der Waals surface area contributed by atoms with E-state index in [2.05, 4.69) is 5.32 Å². The molecular formula is C12H17NO2S. The molecule has 0 saturated heterocycles. The van der Waals surface area contributed by atoms with Gasteiger partial charge in [-0.2, -0.15) is 0 Å². The number of para-hydroxylation sites is 1. The van der Waals surface area contributed by atoms with Gasteiger partial charge >= 0.3 is 5.97 Å². The summed E-state index contributed by atoms with van der Waals surface area (Å²) in [6.45, 7) is 3.59. The third kappa shape index (κ3) is 3.17. The Labute approximate surface area is 100 Å². The van der Waals surface area contributed by atoms with Gasteiger partial charge in [0.25, 0.3) is 0 Å². The quantitative estimate of drug-likeness (QED) is 0.776. The lowest BCUT2D eigenvalue weighted by molar-refractivity contribution is -0.141. The lowest BCUT2D eigenvalue weighted by atomic mass is 10.0. The highest BCUT2D eigenvalue weighted by molar-refractivity contribution is 7.98. The molecule has 2 atom stereocenters. The molecule has 0 aliphatic carbocycles. The zero-order valence-electron chi connectivity index (χ0n) is 9.73. The largest absolute Gasteiger partial charge is 0.481 e. The van der Waals surface area contributed by atoms with Crippen molar-refractivity contribution in [1.82, 2.24) is 0 Å². The van der Waals surface area contributed by atoms with E-state index in [1.54, 1.807) is 18.7 Å². The van der Waals surface area contributed by atoms with E-state index >= 15 is 0 Å². The Morgan fingerprint density at radius 2 is 2.00 bits per heavy atom. The molecule has 0 aliphatic heterocycles. The molecule has 4 heteroatoms. The molecule has 0 radical (unpaired) electrons. The van der Waals surface area contributed by atoms with E-state index in [1.807, 2.05) is 37.4 Å². The molecule has 0 saturated carbocycles. The first-order valence-electron chi connectivity index (χ1n) is 5.18. The molecule has 0 fully saturated rings. The zero-order chi connectivity index (χ0) is 12.1. The second-order valence-electron chi connectivity index (χ2n) is 3.76. The molecule has 1 aromatic rings. The van der Waals surface area contributed by atoms with Crippen LogP contribution in [0.2, 0.25) is 0 Å². The summed E-state index contributed by atoms with van der Waals surface area (Å²) in [6.07, 6.45) is 2.01. The van der Waals surface area contributed by atoms with Gasteiger partial charge in [-0.05, 0) is 32.2 Å². The highest BCUT2D eigenvalue weighted by Crippen LogP contribution is 2.26. The summed E-state index contributed by atoms with van der Waals surface area (Å²) in [5, 5.41) is 12.2. The second-order valence-corrected chi connectivity index (χ2v) is 4.61. The number of carbonyl (C=O) groups is 1. The van der Waals surface area contributed by atoms with Gasteiger partial charge in [0.2, 0.25) is 0 Å². The summed E-state index contributed by atoms with van der Waals surface area (Å²) in [7, 11) is 0. The van der Waals surface area contributed by atoms with Crippen LogP contribution in [0.1, 0.15) is 13.8 Å². The van der Waals surface area contributed by atoms with Gasteiger partial charge in [0.15, 0.2) is 0 Å². The minimum absolute atomic E-state index is 0.0919. The van der Waals surface area contributed by atoms with Crippen molar-refractivity contribution in [1.29, 1.82) is 0 Å². The molecule has 0 heterocycles. The van der Waals surface area contributed by atoms with Crippen LogP contribution in [-0.2, 0) is 4.79 Å². The average molecular weight is 239 g/mol. The van der Waals surface area contributed by atoms with Crippen LogP contribution in [0.4, 0.5) is 5.69 Å². The van der Waals surface area contributed by atoms with Crippen LogP contribution in [0.15, 0.2) is 29.2 Å². The van der Waals surface area contributed by atoms with Crippen LogP contribution in [0, 0.1) is 5.92 Å². The van der Waals surface area contributed by atoms with Gasteiger partial charge in [-0.15, -0.1) is 11.8 Å². The fourth-order valence-electron chi connectivity index (χ4n) is 1.35. The van der Waals surface area contributed by atoms with E-state index in [0.717, 1.165) is 10.6 Å². The zero-order valence-corrected chi connectivity index (χ0v) is 10.5. The SMILES string of the molecule is CSc1ccccc1NC(C)C(C)C(=O)O. The van der Waals surface area contributed by atoms with Gasteiger partial charge in [0.1, 0.15) is 0 Å². The molecule has 0 spiro atoms. The van der Waals surface area contributed by atoms with Crippen LogP contribution in [0.3, 0.4) is 0 Å². The highest BCUT2D eigenvalue weighted by Gasteiger charge is 2.19. The van der Waals surface area contributed by atoms with Gasteiger partial charge in [-0.1, -0.05) is 12.1 Å². The van der Waals surface area contributed by atoms with Crippen LogP contribution < -0.4 is 5.32 Å². The minimum atomic E-state index is -0.776. The van der Waals surface area contributed by atoms with Gasteiger partial charge in [0, 0.05) is 16.6 Å². The maximum Gasteiger partial charge on any atom is 0.308 e. The van der Waals surface area contributed by atoms with Gasteiger partial charge in [0.05, 0.1) is 5.92 Å². The summed E-state index contributed by atoms with van der Waals surface area (Å²) < 4.78 is 0. The van der Waals surface area contributed by atoms with Crippen LogP contribution >= 0.6 is 11.8 Å². The molecule has 3 nitrogen and oxygen atoms in total. The van der Waals surface area contributed by atoms with Crippen LogP contribution in [-0.4, -0.2) is 23.4 Å². The maximum absolute atomic E-state index is 10.8. The number of nitrogens with one attached hydrogen (secondary N) is 1. The topological polar surface area (TPSA) is 49.3 Å². The maximum atomic E-state index is 10.8. The Morgan fingerprint density at radius 1 is 1.38 bits per heavy atom. The normalized spacial score (nSPS) is 14.2. The first kappa shape index (κ1) is 12.9. The fourth-order valence-corrected chi connectivity index (χ4v) is 1.91. The van der Waals surface area contributed by atoms with Crippen molar-refractivity contribution in [2.45, 2.75) is 24.8 Å².